The summed E-state index contributed by atoms with van der Waals surface area (Å²) in [6.07, 6.45) is 1.50. The molecule has 5 rings (SSSR count). The maximum atomic E-state index is 11.2. The predicted octanol–water partition coefficient (Wildman–Crippen LogP) is 4.90. The number of aromatic carboxylic acids is 1. The Hall–Kier alpha value is -3.35. The van der Waals surface area contributed by atoms with E-state index >= 15 is 0 Å². The zero-order chi connectivity index (χ0) is 22.8. The van der Waals surface area contributed by atoms with Crippen molar-refractivity contribution in [3.8, 4) is 5.75 Å². The third-order valence-corrected chi connectivity index (χ3v) is 6.46. The van der Waals surface area contributed by atoms with Crippen LogP contribution in [0.15, 0.2) is 71.1 Å². The minimum Gasteiger partial charge on any atom is -0.490 e. The SMILES string of the molecule is O=C(O)c1cc2c(OC[C@@H](O)CN3CCC(c4ccc5ccccc5c4)CC3)cccc2o1. The molecule has 0 unspecified atom stereocenters. The highest BCUT2D eigenvalue weighted by Gasteiger charge is 2.23. The summed E-state index contributed by atoms with van der Waals surface area (Å²) in [5.41, 5.74) is 1.85. The summed E-state index contributed by atoms with van der Waals surface area (Å²) < 4.78 is 11.1. The van der Waals surface area contributed by atoms with Gasteiger partial charge in [0.2, 0.25) is 5.76 Å². The number of nitrogens with zero attached hydrogens (tertiary/aromatic N) is 1. The molecule has 4 aromatic rings. The summed E-state index contributed by atoms with van der Waals surface area (Å²) in [5, 5.41) is 22.8. The van der Waals surface area contributed by atoms with Crippen molar-refractivity contribution in [2.45, 2.75) is 24.9 Å². The summed E-state index contributed by atoms with van der Waals surface area (Å²) in [6, 6.07) is 21.9. The number of furan rings is 1. The number of ether oxygens (including phenoxy) is 1. The molecule has 0 bridgehead atoms. The number of aliphatic hydroxyl groups is 1. The average Bonchev–Trinajstić information content (AvgIpc) is 3.28. The third-order valence-electron chi connectivity index (χ3n) is 6.46. The molecule has 33 heavy (non-hydrogen) atoms. The number of carbonyl (C=O) groups is 1. The van der Waals surface area contributed by atoms with Crippen LogP contribution in [0.1, 0.15) is 34.9 Å². The Morgan fingerprint density at radius 3 is 2.61 bits per heavy atom. The number of β-amino-alcohol motifs (C(OH)–C–C–N with tert-alkyl or cyclic N) is 1. The molecule has 3 aromatic carbocycles. The van der Waals surface area contributed by atoms with Gasteiger partial charge in [0, 0.05) is 12.6 Å². The first-order valence-corrected chi connectivity index (χ1v) is 11.3. The van der Waals surface area contributed by atoms with E-state index in [4.69, 9.17) is 14.3 Å². The minimum absolute atomic E-state index is 0.129. The van der Waals surface area contributed by atoms with E-state index in [1.165, 1.54) is 22.4 Å². The van der Waals surface area contributed by atoms with Crippen molar-refractivity contribution < 1.29 is 24.2 Å². The normalized spacial score (nSPS) is 16.3. The number of hydrogen-bond acceptors (Lipinski definition) is 5. The molecule has 1 aliphatic heterocycles. The number of piperidine rings is 1. The quantitative estimate of drug-likeness (QED) is 0.421. The maximum Gasteiger partial charge on any atom is 0.371 e. The molecule has 1 fully saturated rings. The molecule has 0 amide bonds. The van der Waals surface area contributed by atoms with Gasteiger partial charge in [0.05, 0.1) is 5.39 Å². The predicted molar refractivity (Wildman–Crippen MR) is 127 cm³/mol. The standard InChI is InChI=1S/C27H27NO5/c29-22(17-32-24-6-3-7-25-23(24)15-26(33-25)27(30)31)16-28-12-10-19(11-13-28)21-9-8-18-4-1-2-5-20(18)14-21/h1-9,14-15,19,22,29H,10-13,16-17H2,(H,30,31)/t22-/m0/s1. The molecule has 0 spiro atoms. The van der Waals surface area contributed by atoms with Gasteiger partial charge in [-0.1, -0.05) is 48.5 Å². The van der Waals surface area contributed by atoms with Crippen LogP contribution in [0.25, 0.3) is 21.7 Å². The minimum atomic E-state index is -1.12. The van der Waals surface area contributed by atoms with E-state index in [0.717, 1.165) is 25.9 Å². The number of carboxylic acid groups (broad SMARTS) is 1. The van der Waals surface area contributed by atoms with Crippen LogP contribution in [0.4, 0.5) is 0 Å². The van der Waals surface area contributed by atoms with E-state index < -0.39 is 12.1 Å². The van der Waals surface area contributed by atoms with Gasteiger partial charge in [0.25, 0.3) is 0 Å². The van der Waals surface area contributed by atoms with Gasteiger partial charge in [0.15, 0.2) is 0 Å². The molecule has 1 saturated heterocycles. The smallest absolute Gasteiger partial charge is 0.371 e. The lowest BCUT2D eigenvalue weighted by Gasteiger charge is -2.33. The number of likely N-dealkylation sites (tertiary alicyclic amines) is 1. The second-order valence-corrected chi connectivity index (χ2v) is 8.73. The zero-order valence-electron chi connectivity index (χ0n) is 18.3. The Morgan fingerprint density at radius 2 is 1.82 bits per heavy atom. The largest absolute Gasteiger partial charge is 0.490 e. The summed E-state index contributed by atoms with van der Waals surface area (Å²) in [7, 11) is 0. The third kappa shape index (κ3) is 4.72. The topological polar surface area (TPSA) is 83.1 Å². The lowest BCUT2D eigenvalue weighted by atomic mass is 9.88. The Labute approximate surface area is 192 Å². The van der Waals surface area contributed by atoms with Crippen LogP contribution < -0.4 is 4.74 Å². The number of fused-ring (bicyclic) bond motifs is 2. The molecule has 0 saturated carbocycles. The lowest BCUT2D eigenvalue weighted by molar-refractivity contribution is 0.0599. The highest BCUT2D eigenvalue weighted by molar-refractivity contribution is 5.93. The Balaban J connectivity index is 1.14. The number of benzene rings is 3. The van der Waals surface area contributed by atoms with Crippen molar-refractivity contribution in [3.63, 3.8) is 0 Å². The lowest BCUT2D eigenvalue weighted by Crippen LogP contribution is -2.40. The summed E-state index contributed by atoms with van der Waals surface area (Å²) >= 11 is 0. The highest BCUT2D eigenvalue weighted by atomic mass is 16.5. The van der Waals surface area contributed by atoms with E-state index in [0.29, 0.717) is 29.2 Å². The monoisotopic (exact) mass is 445 g/mol. The van der Waals surface area contributed by atoms with Gasteiger partial charge in [-0.2, -0.15) is 0 Å². The Kier molecular flexibility index (Phi) is 6.03. The van der Waals surface area contributed by atoms with Gasteiger partial charge in [-0.25, -0.2) is 4.79 Å². The van der Waals surface area contributed by atoms with Crippen molar-refractivity contribution >= 4 is 27.7 Å². The van der Waals surface area contributed by atoms with Crippen molar-refractivity contribution in [1.29, 1.82) is 0 Å². The van der Waals surface area contributed by atoms with Crippen molar-refractivity contribution in [2.75, 3.05) is 26.2 Å². The molecular formula is C27H27NO5. The maximum absolute atomic E-state index is 11.2. The van der Waals surface area contributed by atoms with Gasteiger partial charge >= 0.3 is 5.97 Å². The average molecular weight is 446 g/mol. The molecule has 1 aromatic heterocycles. The van der Waals surface area contributed by atoms with E-state index in [-0.39, 0.29) is 12.4 Å². The Morgan fingerprint density at radius 1 is 1.03 bits per heavy atom. The van der Waals surface area contributed by atoms with Gasteiger partial charge in [-0.3, -0.25) is 0 Å². The second kappa shape index (κ2) is 9.25. The van der Waals surface area contributed by atoms with Gasteiger partial charge in [-0.05, 0) is 60.3 Å². The summed E-state index contributed by atoms with van der Waals surface area (Å²) in [4.78, 5) is 13.4. The molecule has 1 aliphatic rings. The van der Waals surface area contributed by atoms with Crippen LogP contribution in [0, 0.1) is 0 Å². The van der Waals surface area contributed by atoms with Crippen LogP contribution in [-0.4, -0.2) is 53.4 Å². The van der Waals surface area contributed by atoms with Crippen molar-refractivity contribution in [1.82, 2.24) is 4.90 Å². The first-order chi connectivity index (χ1) is 16.1. The van der Waals surface area contributed by atoms with Crippen LogP contribution in [-0.2, 0) is 0 Å². The highest BCUT2D eigenvalue weighted by Crippen LogP contribution is 2.31. The van der Waals surface area contributed by atoms with E-state index in [2.05, 4.69) is 47.4 Å². The number of carboxylic acids is 1. The molecule has 2 N–H and O–H groups in total. The van der Waals surface area contributed by atoms with Gasteiger partial charge in [-0.15, -0.1) is 0 Å². The van der Waals surface area contributed by atoms with Crippen molar-refractivity contribution in [2.24, 2.45) is 0 Å². The summed E-state index contributed by atoms with van der Waals surface area (Å²) in [6.45, 7) is 2.56. The van der Waals surface area contributed by atoms with E-state index in [1.807, 2.05) is 0 Å². The van der Waals surface area contributed by atoms with Crippen molar-refractivity contribution in [3.05, 3.63) is 78.1 Å². The molecule has 6 nitrogen and oxygen atoms in total. The van der Waals surface area contributed by atoms with Crippen LogP contribution >= 0.6 is 0 Å². The molecule has 0 aliphatic carbocycles. The number of rotatable bonds is 7. The van der Waals surface area contributed by atoms with Crippen LogP contribution in [0.2, 0.25) is 0 Å². The van der Waals surface area contributed by atoms with E-state index in [1.54, 1.807) is 18.2 Å². The van der Waals surface area contributed by atoms with Gasteiger partial charge < -0.3 is 24.3 Å². The number of hydrogen-bond donors (Lipinski definition) is 2. The molecular weight excluding hydrogens is 418 g/mol. The first kappa shape index (κ1) is 21.5. The molecule has 2 heterocycles. The molecule has 170 valence electrons. The zero-order valence-corrected chi connectivity index (χ0v) is 18.3. The fourth-order valence-corrected chi connectivity index (χ4v) is 4.71. The Bertz CT molecular complexity index is 1270. The van der Waals surface area contributed by atoms with E-state index in [9.17, 15) is 9.90 Å². The van der Waals surface area contributed by atoms with Crippen LogP contribution in [0.5, 0.6) is 5.75 Å². The fraction of sp³-hybridized carbons (Fsp3) is 0.296. The molecule has 0 radical (unpaired) electrons. The first-order valence-electron chi connectivity index (χ1n) is 11.3. The summed E-state index contributed by atoms with van der Waals surface area (Å²) in [5.74, 6) is -0.195. The van der Waals surface area contributed by atoms with Gasteiger partial charge in [0.1, 0.15) is 24.0 Å². The van der Waals surface area contributed by atoms with Crippen LogP contribution in [0.3, 0.4) is 0 Å². The molecule has 1 atom stereocenters. The molecule has 6 heteroatoms. The second-order valence-electron chi connectivity index (χ2n) is 8.73. The number of aliphatic hydroxyl groups excluding tert-OH is 1. The fourth-order valence-electron chi connectivity index (χ4n) is 4.71.